The average Bonchev–Trinajstić information content (AvgIpc) is 3.11. The summed E-state index contributed by atoms with van der Waals surface area (Å²) < 4.78 is 5.94. The Hall–Kier alpha value is -2.37. The molecule has 0 radical (unpaired) electrons. The highest BCUT2D eigenvalue weighted by Gasteiger charge is 2.45. The molecule has 2 heterocycles. The van der Waals surface area contributed by atoms with Gasteiger partial charge in [0.25, 0.3) is 0 Å². The zero-order valence-electron chi connectivity index (χ0n) is 15.4. The number of aryl methyl sites for hydroxylation is 2. The molecule has 0 unspecified atom stereocenters. The van der Waals surface area contributed by atoms with Gasteiger partial charge in [0.15, 0.2) is 0 Å². The van der Waals surface area contributed by atoms with Crippen LogP contribution in [0.1, 0.15) is 43.5 Å². The summed E-state index contributed by atoms with van der Waals surface area (Å²) in [5, 5.41) is 9.79. The fourth-order valence-corrected chi connectivity index (χ4v) is 3.69. The number of carbonyl (C=O) groups excluding carboxylic acids is 1. The third kappa shape index (κ3) is 3.89. The normalized spacial score (nSPS) is 21.6. The molecule has 6 heteroatoms. The Labute approximate surface area is 153 Å². The molecule has 0 saturated carbocycles. The zero-order chi connectivity index (χ0) is 18.7. The van der Waals surface area contributed by atoms with Crippen LogP contribution in [0.2, 0.25) is 0 Å². The van der Waals surface area contributed by atoms with E-state index < -0.39 is 11.6 Å². The summed E-state index contributed by atoms with van der Waals surface area (Å²) in [7, 11) is 0. The van der Waals surface area contributed by atoms with E-state index in [1.54, 1.807) is 11.0 Å². The number of hydrogen-bond donors (Lipinski definition) is 1. The second-order valence-electron chi connectivity index (χ2n) is 7.29. The predicted molar refractivity (Wildman–Crippen MR) is 97.0 cm³/mol. The molecule has 3 rings (SSSR count). The zero-order valence-corrected chi connectivity index (χ0v) is 15.4. The number of hydrogen-bond acceptors (Lipinski definition) is 4. The molecule has 2 aliphatic rings. The van der Waals surface area contributed by atoms with E-state index in [9.17, 15) is 14.7 Å². The molecule has 1 aliphatic carbocycles. The van der Waals surface area contributed by atoms with Gasteiger partial charge >= 0.3 is 5.97 Å². The van der Waals surface area contributed by atoms with Gasteiger partial charge in [0.1, 0.15) is 5.75 Å². The third-order valence-electron chi connectivity index (χ3n) is 5.34. The van der Waals surface area contributed by atoms with Gasteiger partial charge in [-0.25, -0.2) is 4.79 Å². The van der Waals surface area contributed by atoms with Gasteiger partial charge in [0.05, 0.1) is 5.69 Å². The fourth-order valence-electron chi connectivity index (χ4n) is 3.69. The van der Waals surface area contributed by atoms with Crippen molar-refractivity contribution in [3.63, 3.8) is 0 Å². The van der Waals surface area contributed by atoms with Gasteiger partial charge in [-0.15, -0.1) is 0 Å². The molecule has 1 fully saturated rings. The number of likely N-dealkylation sites (tertiary alicyclic amines) is 1. The Morgan fingerprint density at radius 1 is 1.31 bits per heavy atom. The number of carboxylic acid groups (broad SMARTS) is 1. The average molecular weight is 358 g/mol. The molecule has 6 nitrogen and oxygen atoms in total. The van der Waals surface area contributed by atoms with Crippen LogP contribution in [0, 0.1) is 19.8 Å². The number of piperidine rings is 1. The number of nitrogens with zero attached hydrogens (tertiary/aromatic N) is 2. The second kappa shape index (κ2) is 7.48. The van der Waals surface area contributed by atoms with Crippen LogP contribution in [-0.4, -0.2) is 45.6 Å². The number of aromatic nitrogens is 1. The number of rotatable bonds is 5. The number of allylic oxidation sites excluding steroid dienone is 2. The summed E-state index contributed by atoms with van der Waals surface area (Å²) in [5.74, 6) is -0.0583. The highest BCUT2D eigenvalue weighted by molar-refractivity contribution is 5.80. The molecule has 1 N–H and O–H groups in total. The summed E-state index contributed by atoms with van der Waals surface area (Å²) in [6.07, 6.45) is 7.37. The van der Waals surface area contributed by atoms with Crippen LogP contribution in [0.3, 0.4) is 0 Å². The second-order valence-corrected chi connectivity index (χ2v) is 7.29. The summed E-state index contributed by atoms with van der Waals surface area (Å²) in [5.41, 5.74) is 0.240. The van der Waals surface area contributed by atoms with Gasteiger partial charge in [0.2, 0.25) is 11.5 Å². The highest BCUT2D eigenvalue weighted by atomic mass is 16.5. The van der Waals surface area contributed by atoms with Gasteiger partial charge in [-0.2, -0.15) is 0 Å². The maximum atomic E-state index is 12.5. The lowest BCUT2D eigenvalue weighted by Gasteiger charge is -2.39. The van der Waals surface area contributed by atoms with Crippen molar-refractivity contribution >= 4 is 11.9 Å². The molecule has 1 atom stereocenters. The summed E-state index contributed by atoms with van der Waals surface area (Å²) >= 11 is 0. The van der Waals surface area contributed by atoms with Crippen molar-refractivity contribution in [3.05, 3.63) is 35.7 Å². The van der Waals surface area contributed by atoms with E-state index in [0.717, 1.165) is 18.5 Å². The molecule has 1 aromatic heterocycles. The van der Waals surface area contributed by atoms with Gasteiger partial charge in [-0.3, -0.25) is 9.78 Å². The van der Waals surface area contributed by atoms with Crippen molar-refractivity contribution < 1.29 is 19.4 Å². The first-order valence-electron chi connectivity index (χ1n) is 9.21. The van der Waals surface area contributed by atoms with Crippen LogP contribution in [0.25, 0.3) is 0 Å². The van der Waals surface area contributed by atoms with E-state index in [1.165, 1.54) is 0 Å². The van der Waals surface area contributed by atoms with Crippen LogP contribution >= 0.6 is 0 Å². The Morgan fingerprint density at radius 2 is 2.04 bits per heavy atom. The van der Waals surface area contributed by atoms with E-state index in [1.807, 2.05) is 19.9 Å². The standard InChI is InChI=1S/C20H26N2O4/c1-14-7-8-17(15(2)21-14)26-20(19(24)25)9-11-22(12-10-20)18(23)13-16-5-3-4-6-16/h3,5,7-8,16H,4,6,9-13H2,1-2H3,(H,24,25)/t16-/m0/s1. The lowest BCUT2D eigenvalue weighted by Crippen LogP contribution is -2.54. The van der Waals surface area contributed by atoms with Crippen LogP contribution < -0.4 is 4.74 Å². The molecule has 26 heavy (non-hydrogen) atoms. The number of pyridine rings is 1. The first kappa shape index (κ1) is 18.4. The topological polar surface area (TPSA) is 79.7 Å². The molecule has 1 aromatic rings. The molecule has 0 bridgehead atoms. The predicted octanol–water partition coefficient (Wildman–Crippen LogP) is 2.88. The fraction of sp³-hybridized carbons (Fsp3) is 0.550. The SMILES string of the molecule is Cc1ccc(OC2(C(=O)O)CCN(C(=O)C[C@H]3C=CCC3)CC2)c(C)n1. The quantitative estimate of drug-likeness (QED) is 0.819. The summed E-state index contributed by atoms with van der Waals surface area (Å²) in [6.45, 7) is 4.50. The van der Waals surface area contributed by atoms with Gasteiger partial charge < -0.3 is 14.7 Å². The lowest BCUT2D eigenvalue weighted by atomic mass is 9.90. The lowest BCUT2D eigenvalue weighted by molar-refractivity contribution is -0.162. The molecule has 1 saturated heterocycles. The van der Waals surface area contributed by atoms with Crippen molar-refractivity contribution in [3.8, 4) is 5.75 Å². The minimum absolute atomic E-state index is 0.105. The van der Waals surface area contributed by atoms with Crippen LogP contribution in [0.4, 0.5) is 0 Å². The number of aliphatic carboxylic acids is 1. The van der Waals surface area contributed by atoms with Crippen molar-refractivity contribution in [1.29, 1.82) is 0 Å². The Bertz CT molecular complexity index is 721. The molecular formula is C20H26N2O4. The molecule has 1 aliphatic heterocycles. The Kier molecular flexibility index (Phi) is 5.30. The maximum Gasteiger partial charge on any atom is 0.348 e. The maximum absolute atomic E-state index is 12.5. The van der Waals surface area contributed by atoms with E-state index in [4.69, 9.17) is 4.74 Å². The number of carbonyl (C=O) groups is 2. The van der Waals surface area contributed by atoms with Crippen LogP contribution in [-0.2, 0) is 9.59 Å². The first-order valence-corrected chi connectivity index (χ1v) is 9.21. The van der Waals surface area contributed by atoms with E-state index in [2.05, 4.69) is 17.1 Å². The van der Waals surface area contributed by atoms with Crippen molar-refractivity contribution in [1.82, 2.24) is 9.88 Å². The summed E-state index contributed by atoms with van der Waals surface area (Å²) in [6, 6.07) is 3.58. The third-order valence-corrected chi connectivity index (χ3v) is 5.34. The van der Waals surface area contributed by atoms with E-state index in [0.29, 0.717) is 36.9 Å². The van der Waals surface area contributed by atoms with E-state index in [-0.39, 0.29) is 18.7 Å². The van der Waals surface area contributed by atoms with Crippen LogP contribution in [0.15, 0.2) is 24.3 Å². The minimum atomic E-state index is -1.30. The Morgan fingerprint density at radius 3 is 2.62 bits per heavy atom. The molecule has 1 amide bonds. The van der Waals surface area contributed by atoms with Crippen molar-refractivity contribution in [2.24, 2.45) is 5.92 Å². The smallest absolute Gasteiger partial charge is 0.348 e. The monoisotopic (exact) mass is 358 g/mol. The molecular weight excluding hydrogens is 332 g/mol. The molecule has 0 aromatic carbocycles. The molecule has 140 valence electrons. The largest absolute Gasteiger partial charge is 0.478 e. The minimum Gasteiger partial charge on any atom is -0.478 e. The number of carboxylic acids is 1. The van der Waals surface area contributed by atoms with Gasteiger partial charge in [-0.1, -0.05) is 12.2 Å². The number of amides is 1. The highest BCUT2D eigenvalue weighted by Crippen LogP contribution is 2.31. The van der Waals surface area contributed by atoms with Crippen LogP contribution in [0.5, 0.6) is 5.75 Å². The van der Waals surface area contributed by atoms with Gasteiger partial charge in [-0.05, 0) is 44.7 Å². The Balaban J connectivity index is 1.65. The van der Waals surface area contributed by atoms with E-state index >= 15 is 0 Å². The summed E-state index contributed by atoms with van der Waals surface area (Å²) in [4.78, 5) is 30.6. The first-order chi connectivity index (χ1) is 12.4. The molecule has 0 spiro atoms. The number of ether oxygens (including phenoxy) is 1. The van der Waals surface area contributed by atoms with Crippen molar-refractivity contribution in [2.75, 3.05) is 13.1 Å². The van der Waals surface area contributed by atoms with Crippen molar-refractivity contribution in [2.45, 2.75) is 51.6 Å². The van der Waals surface area contributed by atoms with Gasteiger partial charge in [0, 0.05) is 38.0 Å².